The van der Waals surface area contributed by atoms with Gasteiger partial charge in [0.2, 0.25) is 5.91 Å². The largest absolute Gasteiger partial charge is 0.491 e. The van der Waals surface area contributed by atoms with Crippen molar-refractivity contribution in [1.82, 2.24) is 5.32 Å². The van der Waals surface area contributed by atoms with Crippen LogP contribution in [0.3, 0.4) is 0 Å². The molecule has 0 saturated heterocycles. The Bertz CT molecular complexity index is 684. The first-order chi connectivity index (χ1) is 11.4. The molecule has 0 fully saturated rings. The van der Waals surface area contributed by atoms with Crippen LogP contribution in [0.25, 0.3) is 0 Å². The molecule has 0 aromatic heterocycles. The first-order valence-corrected chi connectivity index (χ1v) is 8.34. The van der Waals surface area contributed by atoms with E-state index in [0.717, 1.165) is 22.6 Å². The zero-order chi connectivity index (χ0) is 17.5. The van der Waals surface area contributed by atoms with E-state index in [2.05, 4.69) is 10.6 Å². The van der Waals surface area contributed by atoms with E-state index in [0.29, 0.717) is 11.6 Å². The van der Waals surface area contributed by atoms with Gasteiger partial charge in [-0.3, -0.25) is 4.79 Å². The Morgan fingerprint density at radius 2 is 1.88 bits per heavy atom. The highest BCUT2D eigenvalue weighted by Gasteiger charge is 2.04. The van der Waals surface area contributed by atoms with Gasteiger partial charge in [0.05, 0.1) is 12.6 Å². The Balaban J connectivity index is 1.77. The van der Waals surface area contributed by atoms with E-state index in [-0.39, 0.29) is 18.6 Å². The smallest absolute Gasteiger partial charge is 0.239 e. The first-order valence-electron chi connectivity index (χ1n) is 7.96. The minimum absolute atomic E-state index is 0.0748. The molecule has 4 nitrogen and oxygen atoms in total. The summed E-state index contributed by atoms with van der Waals surface area (Å²) >= 11 is 6.06. The molecule has 24 heavy (non-hydrogen) atoms. The van der Waals surface area contributed by atoms with Gasteiger partial charge in [-0.1, -0.05) is 29.8 Å². The number of carbonyl (C=O) groups is 1. The fourth-order valence-corrected chi connectivity index (χ4v) is 2.29. The van der Waals surface area contributed by atoms with Crippen molar-refractivity contribution in [2.75, 3.05) is 11.9 Å². The van der Waals surface area contributed by atoms with Gasteiger partial charge in [-0.25, -0.2) is 0 Å². The molecule has 0 saturated carbocycles. The minimum atomic E-state index is -0.0748. The van der Waals surface area contributed by atoms with Gasteiger partial charge in [0.25, 0.3) is 0 Å². The molecule has 0 aliphatic carbocycles. The Morgan fingerprint density at radius 3 is 2.50 bits per heavy atom. The van der Waals surface area contributed by atoms with Gasteiger partial charge in [0, 0.05) is 17.3 Å². The Kier molecular flexibility index (Phi) is 6.50. The number of rotatable bonds is 7. The first kappa shape index (κ1) is 18.1. The van der Waals surface area contributed by atoms with Crippen molar-refractivity contribution in [3.05, 3.63) is 58.6 Å². The maximum atomic E-state index is 11.9. The van der Waals surface area contributed by atoms with Crippen LogP contribution >= 0.6 is 11.6 Å². The molecule has 2 aromatic rings. The zero-order valence-corrected chi connectivity index (χ0v) is 15.0. The molecule has 0 bridgehead atoms. The predicted octanol–water partition coefficient (Wildman–Crippen LogP) is 4.16. The number of anilines is 1. The highest BCUT2D eigenvalue weighted by molar-refractivity contribution is 6.31. The predicted molar refractivity (Wildman–Crippen MR) is 98.7 cm³/mol. The standard InChI is InChI=1S/C19H23ClN2O2/c1-13(2)24-17-8-5-15(6-9-17)11-22-19(23)12-21-16-7-4-14(3)18(20)10-16/h4-10,13,21H,11-12H2,1-3H3,(H,22,23). The molecule has 1 amide bonds. The lowest BCUT2D eigenvalue weighted by molar-refractivity contribution is -0.119. The number of benzene rings is 2. The lowest BCUT2D eigenvalue weighted by Crippen LogP contribution is -2.29. The summed E-state index contributed by atoms with van der Waals surface area (Å²) in [5.41, 5.74) is 2.87. The number of nitrogens with one attached hydrogen (secondary N) is 2. The van der Waals surface area contributed by atoms with Gasteiger partial charge in [-0.15, -0.1) is 0 Å². The summed E-state index contributed by atoms with van der Waals surface area (Å²) < 4.78 is 5.59. The summed E-state index contributed by atoms with van der Waals surface area (Å²) in [7, 11) is 0. The molecule has 0 unspecified atom stereocenters. The lowest BCUT2D eigenvalue weighted by Gasteiger charge is -2.11. The van der Waals surface area contributed by atoms with Crippen molar-refractivity contribution in [2.24, 2.45) is 0 Å². The summed E-state index contributed by atoms with van der Waals surface area (Å²) in [5.74, 6) is 0.757. The summed E-state index contributed by atoms with van der Waals surface area (Å²) in [4.78, 5) is 11.9. The van der Waals surface area contributed by atoms with Gasteiger partial charge in [0.1, 0.15) is 5.75 Å². The minimum Gasteiger partial charge on any atom is -0.491 e. The highest BCUT2D eigenvalue weighted by atomic mass is 35.5. The Morgan fingerprint density at radius 1 is 1.17 bits per heavy atom. The summed E-state index contributed by atoms with van der Waals surface area (Å²) in [5, 5.41) is 6.63. The second-order valence-electron chi connectivity index (χ2n) is 5.90. The van der Waals surface area contributed by atoms with E-state index < -0.39 is 0 Å². The van der Waals surface area contributed by atoms with E-state index in [1.165, 1.54) is 0 Å². The molecule has 2 N–H and O–H groups in total. The quantitative estimate of drug-likeness (QED) is 0.791. The van der Waals surface area contributed by atoms with Gasteiger partial charge < -0.3 is 15.4 Å². The SMILES string of the molecule is Cc1ccc(NCC(=O)NCc2ccc(OC(C)C)cc2)cc1Cl. The average molecular weight is 347 g/mol. The van der Waals surface area contributed by atoms with Crippen LogP contribution in [0.5, 0.6) is 5.75 Å². The van der Waals surface area contributed by atoms with E-state index in [4.69, 9.17) is 16.3 Å². The van der Waals surface area contributed by atoms with Gasteiger partial charge >= 0.3 is 0 Å². The van der Waals surface area contributed by atoms with Crippen molar-refractivity contribution < 1.29 is 9.53 Å². The van der Waals surface area contributed by atoms with Crippen LogP contribution in [-0.4, -0.2) is 18.6 Å². The third-order valence-electron chi connectivity index (χ3n) is 3.41. The molecule has 0 heterocycles. The average Bonchev–Trinajstić information content (AvgIpc) is 2.55. The van der Waals surface area contributed by atoms with E-state index in [1.807, 2.05) is 63.2 Å². The number of hydrogen-bond donors (Lipinski definition) is 2. The van der Waals surface area contributed by atoms with Crippen LogP contribution in [0, 0.1) is 6.92 Å². The van der Waals surface area contributed by atoms with Gasteiger partial charge in [-0.2, -0.15) is 0 Å². The number of amides is 1. The van der Waals surface area contributed by atoms with Crippen molar-refractivity contribution in [2.45, 2.75) is 33.4 Å². The fourth-order valence-electron chi connectivity index (χ4n) is 2.11. The maximum absolute atomic E-state index is 11.9. The third kappa shape index (κ3) is 5.78. The highest BCUT2D eigenvalue weighted by Crippen LogP contribution is 2.19. The zero-order valence-electron chi connectivity index (χ0n) is 14.2. The maximum Gasteiger partial charge on any atom is 0.239 e. The second kappa shape index (κ2) is 8.60. The Labute approximate surface area is 148 Å². The summed E-state index contributed by atoms with van der Waals surface area (Å²) in [6.07, 6.45) is 0.150. The van der Waals surface area contributed by atoms with Crippen LogP contribution < -0.4 is 15.4 Å². The molecule has 0 atom stereocenters. The topological polar surface area (TPSA) is 50.4 Å². The normalized spacial score (nSPS) is 10.5. The van der Waals surface area contributed by atoms with E-state index in [1.54, 1.807) is 0 Å². The van der Waals surface area contributed by atoms with Gasteiger partial charge in [0.15, 0.2) is 0 Å². The fraction of sp³-hybridized carbons (Fsp3) is 0.316. The van der Waals surface area contributed by atoms with Crippen LogP contribution in [0.15, 0.2) is 42.5 Å². The number of ether oxygens (including phenoxy) is 1. The molecular weight excluding hydrogens is 324 g/mol. The van der Waals surface area contributed by atoms with Crippen LogP contribution in [0.1, 0.15) is 25.0 Å². The van der Waals surface area contributed by atoms with Crippen molar-refractivity contribution >= 4 is 23.2 Å². The van der Waals surface area contributed by atoms with Crippen LogP contribution in [0.2, 0.25) is 5.02 Å². The summed E-state index contributed by atoms with van der Waals surface area (Å²) in [6, 6.07) is 13.4. The number of aryl methyl sites for hydroxylation is 1. The molecule has 2 aromatic carbocycles. The van der Waals surface area contributed by atoms with Crippen LogP contribution in [-0.2, 0) is 11.3 Å². The number of halogens is 1. The van der Waals surface area contributed by atoms with E-state index in [9.17, 15) is 4.79 Å². The molecule has 5 heteroatoms. The molecule has 0 radical (unpaired) electrons. The molecule has 0 aliphatic heterocycles. The number of hydrogen-bond acceptors (Lipinski definition) is 3. The third-order valence-corrected chi connectivity index (χ3v) is 3.82. The molecule has 2 rings (SSSR count). The monoisotopic (exact) mass is 346 g/mol. The number of carbonyl (C=O) groups excluding carboxylic acids is 1. The van der Waals surface area contributed by atoms with Crippen molar-refractivity contribution in [3.8, 4) is 5.75 Å². The molecule has 0 spiro atoms. The van der Waals surface area contributed by atoms with E-state index >= 15 is 0 Å². The molecule has 0 aliphatic rings. The molecule has 128 valence electrons. The second-order valence-corrected chi connectivity index (χ2v) is 6.31. The van der Waals surface area contributed by atoms with Crippen LogP contribution in [0.4, 0.5) is 5.69 Å². The lowest BCUT2D eigenvalue weighted by atomic mass is 10.2. The van der Waals surface area contributed by atoms with Crippen molar-refractivity contribution in [3.63, 3.8) is 0 Å². The van der Waals surface area contributed by atoms with Gasteiger partial charge in [-0.05, 0) is 56.2 Å². The Hall–Kier alpha value is -2.20. The molecular formula is C19H23ClN2O2. The van der Waals surface area contributed by atoms with Crippen molar-refractivity contribution in [1.29, 1.82) is 0 Å². The summed E-state index contributed by atoms with van der Waals surface area (Å²) in [6.45, 7) is 6.60.